The van der Waals surface area contributed by atoms with Gasteiger partial charge in [0.1, 0.15) is 23.5 Å². The predicted molar refractivity (Wildman–Crippen MR) is 123 cm³/mol. The summed E-state index contributed by atoms with van der Waals surface area (Å²) in [5, 5.41) is 0. The average Bonchev–Trinajstić information content (AvgIpc) is 3.58. The molecule has 2 aliphatic heterocycles. The summed E-state index contributed by atoms with van der Waals surface area (Å²) in [5.74, 6) is -0.232. The van der Waals surface area contributed by atoms with Crippen molar-refractivity contribution in [3.63, 3.8) is 0 Å². The minimum absolute atomic E-state index is 0. The molecule has 11 heteroatoms. The van der Waals surface area contributed by atoms with Crippen LogP contribution in [0.2, 0.25) is 0 Å². The van der Waals surface area contributed by atoms with Crippen molar-refractivity contribution in [1.82, 2.24) is 14.0 Å². The van der Waals surface area contributed by atoms with Gasteiger partial charge < -0.3 is 9.64 Å². The normalized spacial score (nSPS) is 20.7. The van der Waals surface area contributed by atoms with Gasteiger partial charge in [0, 0.05) is 51.9 Å². The molecule has 3 aliphatic rings. The first-order valence-corrected chi connectivity index (χ1v) is 12.8. The summed E-state index contributed by atoms with van der Waals surface area (Å²) in [6.45, 7) is 2.24. The molecule has 34 heavy (non-hydrogen) atoms. The van der Waals surface area contributed by atoms with Gasteiger partial charge in [-0.2, -0.15) is 12.7 Å². The molecule has 3 fully saturated rings. The molecule has 2 aromatic rings. The number of aromatic nitrogens is 1. The van der Waals surface area contributed by atoms with Crippen molar-refractivity contribution in [2.45, 2.75) is 44.1 Å². The fourth-order valence-electron chi connectivity index (χ4n) is 4.29. The van der Waals surface area contributed by atoms with Crippen molar-refractivity contribution < 1.29 is 42.3 Å². The maximum atomic E-state index is 15.0. The number of hydrogen-bond acceptors (Lipinski definition) is 6. The molecule has 2 saturated heterocycles. The first-order valence-electron chi connectivity index (χ1n) is 11.4. The van der Waals surface area contributed by atoms with E-state index in [1.165, 1.54) is 16.4 Å². The van der Waals surface area contributed by atoms with E-state index in [0.29, 0.717) is 25.4 Å². The van der Waals surface area contributed by atoms with Crippen LogP contribution in [0.5, 0.6) is 5.75 Å². The zero-order valence-corrected chi connectivity index (χ0v) is 20.9. The van der Waals surface area contributed by atoms with E-state index < -0.39 is 21.9 Å². The molecule has 1 aromatic heterocycles. The molecule has 0 spiro atoms. The van der Waals surface area contributed by atoms with Crippen molar-refractivity contribution in [2.75, 3.05) is 31.1 Å². The van der Waals surface area contributed by atoms with Crippen molar-refractivity contribution in [1.29, 1.82) is 0 Å². The Morgan fingerprint density at radius 2 is 1.94 bits per heavy atom. The molecule has 3 heterocycles. The molecule has 1 atom stereocenters. The van der Waals surface area contributed by atoms with Crippen LogP contribution in [0.15, 0.2) is 36.5 Å². The van der Waals surface area contributed by atoms with Gasteiger partial charge in [-0.1, -0.05) is 6.07 Å². The van der Waals surface area contributed by atoms with Gasteiger partial charge in [0.2, 0.25) is 0 Å². The molecule has 0 bridgehead atoms. The molecule has 8 nitrogen and oxygen atoms in total. The molecule has 1 aliphatic carbocycles. The number of nitrogens with zero attached hydrogens (tertiary/aromatic N) is 3. The molecular weight excluding hydrogens is 498 g/mol. The number of pyridine rings is 1. The molecular formula is C23H29FN4O4SV. The Kier molecular flexibility index (Phi) is 7.52. The Hall–Kier alpha value is -2.14. The molecule has 183 valence electrons. The van der Waals surface area contributed by atoms with E-state index in [1.54, 1.807) is 6.20 Å². The van der Waals surface area contributed by atoms with E-state index in [9.17, 15) is 17.6 Å². The number of anilines is 1. The van der Waals surface area contributed by atoms with E-state index >= 15 is 0 Å². The van der Waals surface area contributed by atoms with E-state index in [-0.39, 0.29) is 37.6 Å². The number of halogens is 1. The summed E-state index contributed by atoms with van der Waals surface area (Å²) in [7, 11) is -3.95. The van der Waals surface area contributed by atoms with Crippen molar-refractivity contribution >= 4 is 21.9 Å². The maximum Gasteiger partial charge on any atom is 0.304 e. The Balaban J connectivity index is 0.00000171. The number of nitrogens with one attached hydrogen (secondary N) is 1. The van der Waals surface area contributed by atoms with Gasteiger partial charge in [-0.25, -0.2) is 14.1 Å². The largest absolute Gasteiger partial charge is 0.488 e. The van der Waals surface area contributed by atoms with Crippen LogP contribution in [0.3, 0.4) is 0 Å². The second kappa shape index (κ2) is 10.2. The number of benzene rings is 1. The summed E-state index contributed by atoms with van der Waals surface area (Å²) in [6, 6.07) is 8.47. The van der Waals surface area contributed by atoms with Crippen LogP contribution in [0.1, 0.15) is 55.4 Å². The topological polar surface area (TPSA) is 91.8 Å². The van der Waals surface area contributed by atoms with Crippen LogP contribution in [-0.2, 0) is 28.8 Å². The first-order chi connectivity index (χ1) is 15.9. The van der Waals surface area contributed by atoms with Gasteiger partial charge in [0.05, 0.1) is 12.1 Å². The molecule has 0 unspecified atom stereocenters. The molecule has 1 aromatic carbocycles. The summed E-state index contributed by atoms with van der Waals surface area (Å²) in [4.78, 5) is 19.2. The van der Waals surface area contributed by atoms with Crippen molar-refractivity contribution in [3.8, 4) is 5.75 Å². The smallest absolute Gasteiger partial charge is 0.304 e. The van der Waals surface area contributed by atoms with Gasteiger partial charge in [-0.05, 0) is 61.8 Å². The van der Waals surface area contributed by atoms with Crippen LogP contribution in [0.4, 0.5) is 10.2 Å². The van der Waals surface area contributed by atoms with Crippen LogP contribution < -0.4 is 14.4 Å². The summed E-state index contributed by atoms with van der Waals surface area (Å²) in [5.41, 5.74) is 0.491. The van der Waals surface area contributed by atoms with Gasteiger partial charge >= 0.3 is 10.2 Å². The number of ether oxygens (including phenoxy) is 1. The molecule has 1 N–H and O–H groups in total. The zero-order chi connectivity index (χ0) is 23.0. The third-order valence-corrected chi connectivity index (χ3v) is 7.87. The second-order valence-electron chi connectivity index (χ2n) is 8.85. The number of carbonyl (C=O) groups is 1. The maximum absolute atomic E-state index is 15.0. The fourth-order valence-corrected chi connectivity index (χ4v) is 5.50. The van der Waals surface area contributed by atoms with Crippen LogP contribution in [0.25, 0.3) is 0 Å². The van der Waals surface area contributed by atoms with Crippen LogP contribution in [0, 0.1) is 5.82 Å². The quantitative estimate of drug-likeness (QED) is 0.595. The Bertz CT molecular complexity index is 1150. The molecule has 1 amide bonds. The SMILES string of the molecule is O=C(NS(=O)(=O)N1CCC1)c1cc(C2CC2)c(O[C@@H]2CCCN(c3ccccn3)C2)cc1F.[HH].[V]. The standard InChI is InChI=1S/C23H27FN4O4S.V.H2/c24-20-14-21(32-17-5-3-10-27(15-17)22-6-1-2-9-25-22)18(16-7-8-16)13-19(20)23(29)26-33(30,31)28-11-4-12-28;;/h1-2,6,9,13-14,16-17H,3-5,7-8,10-12,15H2,(H,26,29);;1H/t17-;;/m1../s1. The van der Waals surface area contributed by atoms with Crippen LogP contribution >= 0.6 is 0 Å². The number of amides is 1. The van der Waals surface area contributed by atoms with E-state index in [4.69, 9.17) is 4.74 Å². The van der Waals surface area contributed by atoms with Gasteiger partial charge in [-0.15, -0.1) is 0 Å². The average molecular weight is 528 g/mol. The molecule has 1 radical (unpaired) electrons. The Morgan fingerprint density at radius 1 is 1.15 bits per heavy atom. The Labute approximate surface area is 212 Å². The van der Waals surface area contributed by atoms with Crippen molar-refractivity contribution in [3.05, 3.63) is 53.5 Å². The fraction of sp³-hybridized carbons (Fsp3) is 0.478. The first kappa shape index (κ1) is 25.0. The monoisotopic (exact) mass is 527 g/mol. The number of hydrogen-bond donors (Lipinski definition) is 1. The van der Waals surface area contributed by atoms with Gasteiger partial charge in [0.15, 0.2) is 0 Å². The summed E-state index contributed by atoms with van der Waals surface area (Å²) >= 11 is 0. The van der Waals surface area contributed by atoms with E-state index in [1.807, 2.05) is 22.9 Å². The van der Waals surface area contributed by atoms with Gasteiger partial charge in [-0.3, -0.25) is 4.79 Å². The third kappa shape index (κ3) is 5.40. The molecule has 1 saturated carbocycles. The van der Waals surface area contributed by atoms with Crippen LogP contribution in [-0.4, -0.2) is 55.9 Å². The van der Waals surface area contributed by atoms with Crippen molar-refractivity contribution in [2.24, 2.45) is 0 Å². The van der Waals surface area contributed by atoms with E-state index in [0.717, 1.165) is 50.0 Å². The van der Waals surface area contributed by atoms with Gasteiger partial charge in [0.25, 0.3) is 5.91 Å². The minimum Gasteiger partial charge on any atom is -0.488 e. The number of piperidine rings is 1. The zero-order valence-electron chi connectivity index (χ0n) is 18.7. The predicted octanol–water partition coefficient (Wildman–Crippen LogP) is 3.07. The molecule has 5 rings (SSSR count). The third-order valence-electron chi connectivity index (χ3n) is 6.38. The second-order valence-corrected chi connectivity index (χ2v) is 10.5. The number of carbonyl (C=O) groups excluding carboxylic acids is 1. The van der Waals surface area contributed by atoms with E-state index in [2.05, 4.69) is 9.88 Å². The minimum atomic E-state index is -3.95. The summed E-state index contributed by atoms with van der Waals surface area (Å²) in [6.07, 6.45) is 6.00. The summed E-state index contributed by atoms with van der Waals surface area (Å²) < 4.78 is 48.9. The Morgan fingerprint density at radius 3 is 2.59 bits per heavy atom. The number of rotatable bonds is 7.